The van der Waals surface area contributed by atoms with E-state index in [0.717, 1.165) is 18.4 Å². The number of nitrogens with zero attached hydrogens (tertiary/aromatic N) is 1. The molecule has 0 aromatic heterocycles. The number of likely N-dealkylation sites (N-methyl/N-ethyl adjacent to an activating group) is 2. The molecule has 44 heavy (non-hydrogen) atoms. The third-order valence-electron chi connectivity index (χ3n) is 9.17. The number of carbonyl (C=O) groups excluding carboxylic acids is 3. The van der Waals surface area contributed by atoms with E-state index in [9.17, 15) is 22.8 Å². The molecule has 1 aliphatic rings. The number of carbonyl (C=O) groups is 3. The quantitative estimate of drug-likeness (QED) is 0.280. The molecule has 1 aromatic rings. The van der Waals surface area contributed by atoms with Gasteiger partial charge in [0, 0.05) is 12.6 Å². The van der Waals surface area contributed by atoms with Crippen LogP contribution in [-0.4, -0.2) is 63.3 Å². The van der Waals surface area contributed by atoms with Gasteiger partial charge >= 0.3 is 0 Å². The van der Waals surface area contributed by atoms with Gasteiger partial charge in [-0.15, -0.1) is 0 Å². The first kappa shape index (κ1) is 37.5. The van der Waals surface area contributed by atoms with Crippen molar-refractivity contribution >= 4 is 27.7 Å². The van der Waals surface area contributed by atoms with Crippen molar-refractivity contribution in [2.45, 2.75) is 117 Å². The highest BCUT2D eigenvalue weighted by Crippen LogP contribution is 2.41. The summed E-state index contributed by atoms with van der Waals surface area (Å²) >= 11 is 0. The van der Waals surface area contributed by atoms with Crippen LogP contribution in [0.1, 0.15) is 93.1 Å². The number of nitrogens with one attached hydrogen (secondary N) is 3. The van der Waals surface area contributed by atoms with E-state index in [4.69, 9.17) is 0 Å². The average Bonchev–Trinajstić information content (AvgIpc) is 2.93. The van der Waals surface area contributed by atoms with Gasteiger partial charge in [0.1, 0.15) is 6.04 Å². The van der Waals surface area contributed by atoms with Gasteiger partial charge in [-0.2, -0.15) is 0 Å². The predicted octanol–water partition coefficient (Wildman–Crippen LogP) is 4.95. The summed E-state index contributed by atoms with van der Waals surface area (Å²) in [5.74, 6) is -0.957. The Morgan fingerprint density at radius 3 is 1.98 bits per heavy atom. The maximum absolute atomic E-state index is 14.1. The van der Waals surface area contributed by atoms with Crippen LogP contribution in [0.3, 0.4) is 0 Å². The molecule has 0 heterocycles. The highest BCUT2D eigenvalue weighted by molar-refractivity contribution is 7.90. The molecular weight excluding hydrogens is 576 g/mol. The Balaban J connectivity index is 2.29. The Kier molecular flexibility index (Phi) is 12.8. The topological polar surface area (TPSA) is 125 Å². The van der Waals surface area contributed by atoms with E-state index in [-0.39, 0.29) is 33.6 Å². The Bertz CT molecular complexity index is 1290. The number of benzene rings is 1. The van der Waals surface area contributed by atoms with Crippen LogP contribution in [0.25, 0.3) is 0 Å². The molecule has 0 saturated heterocycles. The largest absolute Gasteiger partial charge is 0.342 e. The maximum Gasteiger partial charge on any atom is 0.264 e. The first-order valence-corrected chi connectivity index (χ1v) is 17.3. The SMILES string of the molecule is CN[C@H](C(=O)N[C@H](C(=O)N(C)[C@H](C=C(C)C(=O)NS(=O)(=O)c1ccc(C)cc1)C(C)C)C(C)(C)C)C(C)(C)C1CCCCC1. The molecule has 248 valence electrons. The smallest absolute Gasteiger partial charge is 0.264 e. The third kappa shape index (κ3) is 9.39. The number of hydrogen-bond acceptors (Lipinski definition) is 6. The monoisotopic (exact) mass is 632 g/mol. The van der Waals surface area contributed by atoms with Gasteiger partial charge in [-0.25, -0.2) is 13.1 Å². The van der Waals surface area contributed by atoms with Crippen LogP contribution in [0, 0.1) is 29.6 Å². The number of rotatable bonds is 12. The lowest BCUT2D eigenvalue weighted by atomic mass is 9.66. The minimum absolute atomic E-state index is 0.00717. The average molecular weight is 633 g/mol. The van der Waals surface area contributed by atoms with Crippen LogP contribution in [0.15, 0.2) is 40.8 Å². The van der Waals surface area contributed by atoms with E-state index < -0.39 is 39.5 Å². The van der Waals surface area contributed by atoms with E-state index >= 15 is 0 Å². The molecule has 2 rings (SSSR count). The molecule has 0 spiro atoms. The Morgan fingerprint density at radius 2 is 1.50 bits per heavy atom. The summed E-state index contributed by atoms with van der Waals surface area (Å²) in [6, 6.07) is 4.39. The van der Waals surface area contributed by atoms with Crippen molar-refractivity contribution in [3.63, 3.8) is 0 Å². The first-order chi connectivity index (χ1) is 20.2. The molecule has 0 radical (unpaired) electrons. The Morgan fingerprint density at radius 1 is 0.955 bits per heavy atom. The summed E-state index contributed by atoms with van der Waals surface area (Å²) in [5.41, 5.74) is 0.162. The van der Waals surface area contributed by atoms with Crippen LogP contribution < -0.4 is 15.4 Å². The maximum atomic E-state index is 14.1. The van der Waals surface area contributed by atoms with Crippen molar-refractivity contribution in [3.8, 4) is 0 Å². The molecule has 1 fully saturated rings. The summed E-state index contributed by atoms with van der Waals surface area (Å²) < 4.78 is 27.7. The first-order valence-electron chi connectivity index (χ1n) is 15.8. The summed E-state index contributed by atoms with van der Waals surface area (Å²) in [4.78, 5) is 42.4. The molecule has 0 aliphatic heterocycles. The zero-order valence-corrected chi connectivity index (χ0v) is 29.5. The minimum Gasteiger partial charge on any atom is -0.342 e. The lowest BCUT2D eigenvalue weighted by Crippen LogP contribution is -2.61. The van der Waals surface area contributed by atoms with Crippen molar-refractivity contribution in [1.29, 1.82) is 0 Å². The van der Waals surface area contributed by atoms with E-state index in [1.165, 1.54) is 38.3 Å². The second-order valence-electron chi connectivity index (χ2n) is 14.5. The number of amides is 3. The Labute approximate surface area is 266 Å². The fourth-order valence-corrected chi connectivity index (χ4v) is 7.23. The van der Waals surface area contributed by atoms with Gasteiger partial charge in [0.05, 0.1) is 17.0 Å². The van der Waals surface area contributed by atoms with Crippen LogP contribution in [0.5, 0.6) is 0 Å². The summed E-state index contributed by atoms with van der Waals surface area (Å²) in [5, 5.41) is 6.32. The van der Waals surface area contributed by atoms with Crippen molar-refractivity contribution < 1.29 is 22.8 Å². The Hall–Kier alpha value is -2.72. The van der Waals surface area contributed by atoms with Crippen molar-refractivity contribution in [2.75, 3.05) is 14.1 Å². The van der Waals surface area contributed by atoms with Gasteiger partial charge in [0.15, 0.2) is 0 Å². The molecule has 3 N–H and O–H groups in total. The molecule has 1 saturated carbocycles. The highest BCUT2D eigenvalue weighted by atomic mass is 32.2. The predicted molar refractivity (Wildman–Crippen MR) is 176 cm³/mol. The van der Waals surface area contributed by atoms with Crippen molar-refractivity contribution in [3.05, 3.63) is 41.5 Å². The summed E-state index contributed by atoms with van der Waals surface area (Å²) in [7, 11) is -0.616. The molecule has 0 unspecified atom stereocenters. The number of aryl methyl sites for hydroxylation is 1. The second-order valence-corrected chi connectivity index (χ2v) is 16.1. The molecule has 9 nitrogen and oxygen atoms in total. The van der Waals surface area contributed by atoms with E-state index in [1.807, 2.05) is 41.5 Å². The lowest BCUT2D eigenvalue weighted by molar-refractivity contribution is -0.141. The molecule has 10 heteroatoms. The lowest BCUT2D eigenvalue weighted by Gasteiger charge is -2.43. The zero-order valence-electron chi connectivity index (χ0n) is 28.7. The molecule has 1 aliphatic carbocycles. The van der Waals surface area contributed by atoms with Gasteiger partial charge in [0.25, 0.3) is 15.9 Å². The molecule has 1 aromatic carbocycles. The van der Waals surface area contributed by atoms with Gasteiger partial charge in [0.2, 0.25) is 11.8 Å². The normalized spacial score (nSPS) is 17.5. The van der Waals surface area contributed by atoms with Crippen LogP contribution >= 0.6 is 0 Å². The number of sulfonamides is 1. The van der Waals surface area contributed by atoms with Gasteiger partial charge in [-0.05, 0) is 68.5 Å². The second kappa shape index (κ2) is 15.0. The van der Waals surface area contributed by atoms with Gasteiger partial charge in [-0.1, -0.05) is 91.5 Å². The molecule has 3 amide bonds. The molecule has 3 atom stereocenters. The zero-order chi connectivity index (χ0) is 33.6. The van der Waals surface area contributed by atoms with E-state index in [0.29, 0.717) is 5.92 Å². The van der Waals surface area contributed by atoms with Crippen molar-refractivity contribution in [2.24, 2.45) is 22.7 Å². The number of hydrogen-bond donors (Lipinski definition) is 3. The van der Waals surface area contributed by atoms with Crippen molar-refractivity contribution in [1.82, 2.24) is 20.3 Å². The summed E-state index contributed by atoms with van der Waals surface area (Å²) in [6.45, 7) is 17.2. The molecular formula is C34H56N4O5S. The van der Waals surface area contributed by atoms with E-state index in [2.05, 4.69) is 29.2 Å². The minimum atomic E-state index is -4.07. The van der Waals surface area contributed by atoms with Gasteiger partial charge < -0.3 is 15.5 Å². The highest BCUT2D eigenvalue weighted by Gasteiger charge is 2.44. The van der Waals surface area contributed by atoms with Crippen LogP contribution in [0.2, 0.25) is 0 Å². The van der Waals surface area contributed by atoms with E-state index in [1.54, 1.807) is 37.2 Å². The fraction of sp³-hybridized carbons (Fsp3) is 0.676. The fourth-order valence-electron chi connectivity index (χ4n) is 6.21. The van der Waals surface area contributed by atoms with Gasteiger partial charge in [-0.3, -0.25) is 14.4 Å². The third-order valence-corrected chi connectivity index (χ3v) is 10.5. The standard InChI is InChI=1S/C34H56N4O5S/c1-22(2)27(21-24(4)30(39)37-44(42,43)26-19-17-23(3)18-20-26)38(11)32(41)29(33(5,6)7)36-31(40)28(35-10)34(8,9)25-15-13-12-14-16-25/h17-22,25,27-29,35H,12-16H2,1-11H3,(H,36,40)(H,37,39)/t27-,28-,29-/m1/s1. The van der Waals surface area contributed by atoms with Crippen LogP contribution in [0.4, 0.5) is 0 Å². The summed E-state index contributed by atoms with van der Waals surface area (Å²) in [6.07, 6.45) is 7.35. The van der Waals surface area contributed by atoms with Crippen LogP contribution in [-0.2, 0) is 24.4 Å². The molecule has 0 bridgehead atoms.